The predicted molar refractivity (Wildman–Crippen MR) is 118 cm³/mol. The van der Waals surface area contributed by atoms with E-state index in [-0.39, 0.29) is 18.5 Å². The Bertz CT molecular complexity index is 906. The molecular weight excluding hydrogens is 462 g/mol. The summed E-state index contributed by atoms with van der Waals surface area (Å²) in [5, 5.41) is 14.5. The minimum Gasteiger partial charge on any atom is -0.748 e. The van der Waals surface area contributed by atoms with Gasteiger partial charge in [-0.05, 0) is 6.07 Å². The highest BCUT2D eigenvalue weighted by Crippen LogP contribution is 2.29. The van der Waals surface area contributed by atoms with Crippen LogP contribution in [0, 0.1) is 5.92 Å². The van der Waals surface area contributed by atoms with E-state index in [1.54, 1.807) is 0 Å². The van der Waals surface area contributed by atoms with Gasteiger partial charge in [-0.3, -0.25) is 4.79 Å². The van der Waals surface area contributed by atoms with Crippen molar-refractivity contribution in [3.05, 3.63) is 22.7 Å². The van der Waals surface area contributed by atoms with Crippen molar-refractivity contribution in [3.8, 4) is 5.75 Å². The molecule has 3 N–H and O–H groups in total. The van der Waals surface area contributed by atoms with E-state index in [0.29, 0.717) is 64.6 Å². The Morgan fingerprint density at radius 1 is 1.31 bits per heavy atom. The maximum Gasteiger partial charge on any atom is 0.255 e. The zero-order valence-electron chi connectivity index (χ0n) is 18.7. The summed E-state index contributed by atoms with van der Waals surface area (Å²) in [5.41, 5.74) is 6.44. The summed E-state index contributed by atoms with van der Waals surface area (Å²) in [6, 6.07) is 3.00. The van der Waals surface area contributed by atoms with Gasteiger partial charge in [0.2, 0.25) is 0 Å². The molecule has 1 aliphatic rings. The van der Waals surface area contributed by atoms with Crippen LogP contribution in [0.15, 0.2) is 12.1 Å². The van der Waals surface area contributed by atoms with E-state index in [1.165, 1.54) is 19.2 Å². The highest BCUT2D eigenvalue weighted by Gasteiger charge is 2.35. The second kappa shape index (κ2) is 11.7. The lowest BCUT2D eigenvalue weighted by Gasteiger charge is -2.45. The van der Waals surface area contributed by atoms with Gasteiger partial charge in [-0.25, -0.2) is 8.42 Å². The number of nitrogen functional groups attached to an aromatic ring is 1. The number of quaternary nitrogens is 1. The van der Waals surface area contributed by atoms with Crippen LogP contribution in [0.2, 0.25) is 5.02 Å². The molecule has 1 amide bonds. The molecule has 0 aromatic heterocycles. The molecule has 0 atom stereocenters. The summed E-state index contributed by atoms with van der Waals surface area (Å²) in [6.45, 7) is 6.35. The van der Waals surface area contributed by atoms with Crippen molar-refractivity contribution >= 4 is 39.3 Å². The van der Waals surface area contributed by atoms with Crippen LogP contribution in [0.4, 0.5) is 5.69 Å². The Morgan fingerprint density at radius 3 is 2.28 bits per heavy atom. The lowest BCUT2D eigenvalue weighted by Crippen LogP contribution is -2.61. The number of carbonyl (C=O) groups is 2. The number of carbonyl (C=O) groups excluding carboxylic acids is 2. The fourth-order valence-corrected chi connectivity index (χ4v) is 4.06. The van der Waals surface area contributed by atoms with E-state index in [4.69, 9.17) is 35.0 Å². The Kier molecular flexibility index (Phi) is 10.2. The van der Waals surface area contributed by atoms with Crippen molar-refractivity contribution in [3.63, 3.8) is 0 Å². The molecular formula is C20H31ClN3O7S-. The first-order valence-corrected chi connectivity index (χ1v) is 12.2. The minimum atomic E-state index is -3.92. The largest absolute Gasteiger partial charge is 0.748 e. The number of rotatable bonds is 7. The zero-order chi connectivity index (χ0) is 24.7. The summed E-state index contributed by atoms with van der Waals surface area (Å²) in [5.74, 6) is -0.550. The molecule has 1 fully saturated rings. The molecule has 0 saturated carbocycles. The van der Waals surface area contributed by atoms with Gasteiger partial charge in [0.05, 0.1) is 59.1 Å². The molecule has 0 aliphatic carbocycles. The van der Waals surface area contributed by atoms with Gasteiger partial charge in [-0.15, -0.1) is 0 Å². The molecule has 2 rings (SSSR count). The van der Waals surface area contributed by atoms with E-state index in [2.05, 4.69) is 19.2 Å². The Balaban J connectivity index is 0.000000920. The molecule has 1 aromatic carbocycles. The standard InChI is InChI=1S/C19H28ClN3O4.CH4O3S/c1-12(2)10-23(11-18(24)25)6-4-13(5-7-23)22-19(26)14-8-15(20)16(21)9-17(14)27-3;1-5(2,3)4/h8-9,12-13H,4-7,10-11H2,1-3H3,(H3-,21,22,24,25,26);1H3,(H,2,3,4)/p-1. The van der Waals surface area contributed by atoms with Crippen LogP contribution in [-0.2, 0) is 14.9 Å². The van der Waals surface area contributed by atoms with Crippen molar-refractivity contribution in [1.82, 2.24) is 5.32 Å². The van der Waals surface area contributed by atoms with Crippen LogP contribution >= 0.6 is 11.6 Å². The van der Waals surface area contributed by atoms with E-state index in [1.807, 2.05) is 0 Å². The van der Waals surface area contributed by atoms with Crippen LogP contribution < -0.4 is 20.9 Å². The first-order chi connectivity index (χ1) is 14.7. The smallest absolute Gasteiger partial charge is 0.255 e. The number of ether oxygens (including phenoxy) is 1. The van der Waals surface area contributed by atoms with Gasteiger partial charge in [-0.2, -0.15) is 0 Å². The lowest BCUT2D eigenvalue weighted by atomic mass is 9.99. The normalized spacial score (nSPS) is 20.8. The van der Waals surface area contributed by atoms with Crippen molar-refractivity contribution in [2.24, 2.45) is 5.92 Å². The first kappa shape index (κ1) is 28.0. The average Bonchev–Trinajstić information content (AvgIpc) is 2.63. The fourth-order valence-electron chi connectivity index (χ4n) is 3.89. The SMILES string of the molecule is COc1cc(N)c(Cl)cc1C(=O)NC1CC[N+](CC(=O)[O-])(CC(C)C)CC1.CS(=O)(=O)[O-]. The van der Waals surface area contributed by atoms with Gasteiger partial charge >= 0.3 is 0 Å². The number of carboxylic acid groups (broad SMARTS) is 1. The molecule has 182 valence electrons. The molecule has 0 spiro atoms. The third kappa shape index (κ3) is 9.60. The van der Waals surface area contributed by atoms with Gasteiger partial charge in [0.15, 0.2) is 0 Å². The Hall–Kier alpha value is -2.08. The summed E-state index contributed by atoms with van der Waals surface area (Å²) in [4.78, 5) is 23.9. The fraction of sp³-hybridized carbons (Fsp3) is 0.600. The third-order valence-electron chi connectivity index (χ3n) is 5.02. The van der Waals surface area contributed by atoms with Crippen molar-refractivity contribution in [2.45, 2.75) is 32.7 Å². The molecule has 1 saturated heterocycles. The van der Waals surface area contributed by atoms with Crippen molar-refractivity contribution < 1.29 is 36.9 Å². The number of methoxy groups -OCH3 is 1. The molecule has 10 nitrogen and oxygen atoms in total. The molecule has 0 bridgehead atoms. The number of carboxylic acids is 1. The molecule has 1 heterocycles. The van der Waals surface area contributed by atoms with E-state index in [9.17, 15) is 14.7 Å². The topological polar surface area (TPSA) is 162 Å². The first-order valence-electron chi connectivity index (χ1n) is 10.1. The number of aliphatic carboxylic acids is 1. The minimum absolute atomic E-state index is 0.0141. The van der Waals surface area contributed by atoms with Gasteiger partial charge in [0, 0.05) is 37.1 Å². The number of likely N-dealkylation sites (tertiary alicyclic amines) is 1. The number of nitrogens with one attached hydrogen (secondary N) is 1. The van der Waals surface area contributed by atoms with E-state index >= 15 is 0 Å². The second-order valence-electron chi connectivity index (χ2n) is 8.42. The highest BCUT2D eigenvalue weighted by atomic mass is 35.5. The molecule has 0 unspecified atom stereocenters. The Labute approximate surface area is 194 Å². The maximum absolute atomic E-state index is 12.7. The molecule has 32 heavy (non-hydrogen) atoms. The van der Waals surface area contributed by atoms with Gasteiger partial charge in [0.25, 0.3) is 5.91 Å². The quantitative estimate of drug-likeness (QED) is 0.310. The monoisotopic (exact) mass is 492 g/mol. The number of amides is 1. The van der Waals surface area contributed by atoms with Gasteiger partial charge < -0.3 is 34.7 Å². The van der Waals surface area contributed by atoms with Crippen molar-refractivity contribution in [1.29, 1.82) is 0 Å². The second-order valence-corrected chi connectivity index (χ2v) is 10.2. The number of piperidine rings is 1. The van der Waals surface area contributed by atoms with Crippen LogP contribution in [-0.4, -0.2) is 74.9 Å². The predicted octanol–water partition coefficient (Wildman–Crippen LogP) is 0.207. The van der Waals surface area contributed by atoms with E-state index in [0.717, 1.165) is 6.54 Å². The lowest BCUT2D eigenvalue weighted by molar-refractivity contribution is -0.930. The third-order valence-corrected chi connectivity index (χ3v) is 5.35. The van der Waals surface area contributed by atoms with Gasteiger partial charge in [0.1, 0.15) is 12.3 Å². The number of hydrogen-bond acceptors (Lipinski definition) is 8. The molecule has 1 aliphatic heterocycles. The molecule has 12 heteroatoms. The highest BCUT2D eigenvalue weighted by molar-refractivity contribution is 7.84. The maximum atomic E-state index is 12.7. The number of hydrogen-bond donors (Lipinski definition) is 2. The summed E-state index contributed by atoms with van der Waals surface area (Å²) < 4.78 is 33.0. The number of nitrogens with two attached hydrogens (primary N) is 1. The molecule has 0 radical (unpaired) electrons. The Morgan fingerprint density at radius 2 is 1.84 bits per heavy atom. The molecule has 1 aromatic rings. The average molecular weight is 493 g/mol. The summed E-state index contributed by atoms with van der Waals surface area (Å²) in [6.07, 6.45) is 2.01. The van der Waals surface area contributed by atoms with Crippen molar-refractivity contribution in [2.75, 3.05) is 45.3 Å². The summed E-state index contributed by atoms with van der Waals surface area (Å²) >= 11 is 6.04. The number of benzene rings is 1. The number of nitrogens with zero attached hydrogens (tertiary/aromatic N) is 1. The van der Waals surface area contributed by atoms with Gasteiger partial charge in [-0.1, -0.05) is 25.4 Å². The van der Waals surface area contributed by atoms with Crippen LogP contribution in [0.3, 0.4) is 0 Å². The summed E-state index contributed by atoms with van der Waals surface area (Å²) in [7, 11) is -2.45. The van der Waals surface area contributed by atoms with E-state index < -0.39 is 16.1 Å². The number of anilines is 1. The van der Waals surface area contributed by atoms with Crippen LogP contribution in [0.5, 0.6) is 5.75 Å². The zero-order valence-corrected chi connectivity index (χ0v) is 20.3. The van der Waals surface area contributed by atoms with Crippen LogP contribution in [0.1, 0.15) is 37.0 Å². The van der Waals surface area contributed by atoms with Crippen LogP contribution in [0.25, 0.3) is 0 Å². The number of halogens is 1.